The zero-order valence-electron chi connectivity index (χ0n) is 14.0. The molecule has 134 valence electrons. The number of nitrogens with one attached hydrogen (secondary N) is 1. The van der Waals surface area contributed by atoms with Crippen LogP contribution in [0.2, 0.25) is 0 Å². The Morgan fingerprint density at radius 1 is 1.32 bits per heavy atom. The third-order valence-electron chi connectivity index (χ3n) is 4.27. The van der Waals surface area contributed by atoms with Gasteiger partial charge in [-0.25, -0.2) is 18.1 Å². The van der Waals surface area contributed by atoms with E-state index < -0.39 is 10.0 Å². The number of hydrogen-bond acceptors (Lipinski definition) is 5. The van der Waals surface area contributed by atoms with Crippen molar-refractivity contribution in [2.45, 2.75) is 37.1 Å². The van der Waals surface area contributed by atoms with Gasteiger partial charge < -0.3 is 5.32 Å². The number of rotatable bonds is 5. The van der Waals surface area contributed by atoms with Crippen molar-refractivity contribution in [1.29, 1.82) is 0 Å². The number of piperidine rings is 1. The maximum Gasteiger partial charge on any atom is 0.243 e. The smallest absolute Gasteiger partial charge is 0.243 e. The van der Waals surface area contributed by atoms with Crippen molar-refractivity contribution < 1.29 is 13.2 Å². The normalized spacial score (nSPS) is 18.8. The molecule has 2 aromatic rings. The van der Waals surface area contributed by atoms with E-state index in [1.54, 1.807) is 30.1 Å². The largest absolute Gasteiger partial charge is 0.326 e. The number of anilines is 1. The molecule has 1 aromatic heterocycles. The summed E-state index contributed by atoms with van der Waals surface area (Å²) in [4.78, 5) is 15.6. The SMILES string of the molecule is CCC(=O)Nc1ccc(S(=O)(=O)N2CCCC(n3cncn3)C2)cc1. The lowest BCUT2D eigenvalue weighted by atomic mass is 10.1. The molecule has 0 saturated carbocycles. The van der Waals surface area contributed by atoms with Crippen LogP contribution in [0.1, 0.15) is 32.2 Å². The van der Waals surface area contributed by atoms with E-state index in [0.29, 0.717) is 25.2 Å². The lowest BCUT2D eigenvalue weighted by Crippen LogP contribution is -2.40. The van der Waals surface area contributed by atoms with Crippen LogP contribution in [0.5, 0.6) is 0 Å². The van der Waals surface area contributed by atoms with Gasteiger partial charge in [-0.1, -0.05) is 6.92 Å². The molecule has 3 rings (SSSR count). The number of aromatic nitrogens is 3. The van der Waals surface area contributed by atoms with Crippen molar-refractivity contribution in [3.8, 4) is 0 Å². The molecule has 9 heteroatoms. The summed E-state index contributed by atoms with van der Waals surface area (Å²) in [5.41, 5.74) is 0.588. The highest BCUT2D eigenvalue weighted by Crippen LogP contribution is 2.26. The van der Waals surface area contributed by atoms with Crippen LogP contribution in [-0.4, -0.2) is 46.5 Å². The van der Waals surface area contributed by atoms with E-state index in [1.165, 1.54) is 22.8 Å². The first-order chi connectivity index (χ1) is 12.0. The molecule has 25 heavy (non-hydrogen) atoms. The van der Waals surface area contributed by atoms with Gasteiger partial charge in [0, 0.05) is 25.2 Å². The predicted octanol–water partition coefficient (Wildman–Crippen LogP) is 1.65. The van der Waals surface area contributed by atoms with Crippen LogP contribution in [0.3, 0.4) is 0 Å². The van der Waals surface area contributed by atoms with E-state index in [4.69, 9.17) is 0 Å². The second kappa shape index (κ2) is 7.32. The van der Waals surface area contributed by atoms with Crippen molar-refractivity contribution in [1.82, 2.24) is 19.1 Å². The highest BCUT2D eigenvalue weighted by atomic mass is 32.2. The number of nitrogens with zero attached hydrogens (tertiary/aromatic N) is 4. The number of sulfonamides is 1. The lowest BCUT2D eigenvalue weighted by Gasteiger charge is -2.31. The third kappa shape index (κ3) is 3.88. The Balaban J connectivity index is 1.75. The van der Waals surface area contributed by atoms with E-state index in [9.17, 15) is 13.2 Å². The first kappa shape index (κ1) is 17.6. The van der Waals surface area contributed by atoms with E-state index in [1.807, 2.05) is 0 Å². The molecule has 1 aliphatic rings. The minimum Gasteiger partial charge on any atom is -0.326 e. The maximum atomic E-state index is 12.9. The quantitative estimate of drug-likeness (QED) is 0.871. The van der Waals surface area contributed by atoms with Gasteiger partial charge in [0.15, 0.2) is 0 Å². The minimum absolute atomic E-state index is 0.00543. The van der Waals surface area contributed by atoms with Gasteiger partial charge in [0.25, 0.3) is 0 Å². The Kier molecular flexibility index (Phi) is 5.14. The molecular weight excluding hydrogens is 342 g/mol. The monoisotopic (exact) mass is 363 g/mol. The number of carbonyl (C=O) groups is 1. The van der Waals surface area contributed by atoms with Gasteiger partial charge >= 0.3 is 0 Å². The Labute approximate surface area is 146 Å². The molecule has 2 heterocycles. The molecule has 1 unspecified atom stereocenters. The summed E-state index contributed by atoms with van der Waals surface area (Å²) in [6.45, 7) is 2.62. The summed E-state index contributed by atoms with van der Waals surface area (Å²) in [6, 6.07) is 6.27. The van der Waals surface area contributed by atoms with E-state index >= 15 is 0 Å². The number of amides is 1. The molecule has 1 N–H and O–H groups in total. The van der Waals surface area contributed by atoms with Crippen molar-refractivity contribution in [2.24, 2.45) is 0 Å². The molecule has 0 radical (unpaired) electrons. The molecule has 1 saturated heterocycles. The van der Waals surface area contributed by atoms with E-state index in [-0.39, 0.29) is 16.8 Å². The molecule has 1 atom stereocenters. The number of carbonyl (C=O) groups excluding carboxylic acids is 1. The molecule has 0 spiro atoms. The Bertz CT molecular complexity index is 818. The number of benzene rings is 1. The summed E-state index contributed by atoms with van der Waals surface area (Å²) in [5, 5.41) is 6.83. The van der Waals surface area contributed by atoms with Crippen molar-refractivity contribution in [3.63, 3.8) is 0 Å². The van der Waals surface area contributed by atoms with E-state index in [2.05, 4.69) is 15.4 Å². The highest BCUT2D eigenvalue weighted by Gasteiger charge is 2.31. The lowest BCUT2D eigenvalue weighted by molar-refractivity contribution is -0.115. The Morgan fingerprint density at radius 3 is 2.72 bits per heavy atom. The number of hydrogen-bond donors (Lipinski definition) is 1. The van der Waals surface area contributed by atoms with Crippen LogP contribution in [0.4, 0.5) is 5.69 Å². The standard InChI is InChI=1S/C16H21N5O3S/c1-2-16(22)19-13-5-7-15(8-6-13)25(23,24)20-9-3-4-14(10-20)21-12-17-11-18-21/h5-8,11-12,14H,2-4,9-10H2,1H3,(H,19,22). The van der Waals surface area contributed by atoms with Gasteiger partial charge in [0.1, 0.15) is 12.7 Å². The summed E-state index contributed by atoms with van der Waals surface area (Å²) in [5.74, 6) is -0.109. The van der Waals surface area contributed by atoms with Crippen molar-refractivity contribution >= 4 is 21.6 Å². The third-order valence-corrected chi connectivity index (χ3v) is 6.15. The second-order valence-corrected chi connectivity index (χ2v) is 7.90. The van der Waals surface area contributed by atoms with Crippen molar-refractivity contribution in [3.05, 3.63) is 36.9 Å². The fourth-order valence-electron chi connectivity index (χ4n) is 2.87. The van der Waals surface area contributed by atoms with Gasteiger partial charge in [-0.3, -0.25) is 4.79 Å². The molecule has 0 aliphatic carbocycles. The summed E-state index contributed by atoms with van der Waals surface area (Å²) >= 11 is 0. The highest BCUT2D eigenvalue weighted by molar-refractivity contribution is 7.89. The van der Waals surface area contributed by atoms with Crippen LogP contribution in [0, 0.1) is 0 Å². The summed E-state index contributed by atoms with van der Waals surface area (Å²) in [6.07, 6.45) is 5.09. The predicted molar refractivity (Wildman–Crippen MR) is 92.4 cm³/mol. The first-order valence-electron chi connectivity index (χ1n) is 8.25. The van der Waals surface area contributed by atoms with E-state index in [0.717, 1.165) is 12.8 Å². The van der Waals surface area contributed by atoms with Gasteiger partial charge in [0.2, 0.25) is 15.9 Å². The van der Waals surface area contributed by atoms with Gasteiger partial charge in [-0.2, -0.15) is 9.40 Å². The van der Waals surface area contributed by atoms with Gasteiger partial charge in [0.05, 0.1) is 10.9 Å². The fourth-order valence-corrected chi connectivity index (χ4v) is 4.39. The van der Waals surface area contributed by atoms with Crippen molar-refractivity contribution in [2.75, 3.05) is 18.4 Å². The molecule has 1 aromatic carbocycles. The summed E-state index contributed by atoms with van der Waals surface area (Å²) < 4.78 is 29.0. The Hall–Kier alpha value is -2.26. The molecule has 0 bridgehead atoms. The molecule has 1 aliphatic heterocycles. The molecule has 1 amide bonds. The summed E-state index contributed by atoms with van der Waals surface area (Å²) in [7, 11) is -3.58. The average Bonchev–Trinajstić information content (AvgIpc) is 3.17. The van der Waals surface area contributed by atoms with Gasteiger partial charge in [-0.15, -0.1) is 0 Å². The van der Waals surface area contributed by atoms with Gasteiger partial charge in [-0.05, 0) is 37.1 Å². The van der Waals surface area contributed by atoms with Crippen LogP contribution in [0.25, 0.3) is 0 Å². The molecular formula is C16H21N5O3S. The van der Waals surface area contributed by atoms with Crippen LogP contribution >= 0.6 is 0 Å². The zero-order valence-corrected chi connectivity index (χ0v) is 14.8. The molecule has 1 fully saturated rings. The van der Waals surface area contributed by atoms with Crippen LogP contribution < -0.4 is 5.32 Å². The second-order valence-electron chi connectivity index (χ2n) is 5.96. The molecule has 8 nitrogen and oxygen atoms in total. The average molecular weight is 363 g/mol. The van der Waals surface area contributed by atoms with Crippen LogP contribution in [0.15, 0.2) is 41.8 Å². The Morgan fingerprint density at radius 2 is 2.08 bits per heavy atom. The topological polar surface area (TPSA) is 97.2 Å². The fraction of sp³-hybridized carbons (Fsp3) is 0.438. The minimum atomic E-state index is -3.58. The first-order valence-corrected chi connectivity index (χ1v) is 9.69. The zero-order chi connectivity index (χ0) is 17.9. The maximum absolute atomic E-state index is 12.9. The van der Waals surface area contributed by atoms with Crippen LogP contribution in [-0.2, 0) is 14.8 Å².